The second-order valence-electron chi connectivity index (χ2n) is 8.33. The number of benzene rings is 2. The predicted octanol–water partition coefficient (Wildman–Crippen LogP) is 3.96. The molecule has 2 N–H and O–H groups in total. The van der Waals surface area contributed by atoms with Crippen LogP contribution in [-0.2, 0) is 12.3 Å². The maximum atomic E-state index is 12.9. The molecule has 2 heterocycles. The van der Waals surface area contributed by atoms with E-state index in [0.29, 0.717) is 51.3 Å². The van der Waals surface area contributed by atoms with Crippen molar-refractivity contribution in [1.29, 1.82) is 0 Å². The van der Waals surface area contributed by atoms with E-state index in [1.165, 1.54) is 11.8 Å². The van der Waals surface area contributed by atoms with Gasteiger partial charge in [0.25, 0.3) is 11.5 Å². The van der Waals surface area contributed by atoms with Gasteiger partial charge in [-0.25, -0.2) is 4.98 Å². The Bertz CT molecular complexity index is 1380. The van der Waals surface area contributed by atoms with Gasteiger partial charge in [0.05, 0.1) is 29.8 Å². The van der Waals surface area contributed by atoms with Crippen LogP contribution < -0.4 is 15.6 Å². The van der Waals surface area contributed by atoms with Crippen LogP contribution in [0.4, 0.5) is 0 Å². The molecule has 35 heavy (non-hydrogen) atoms. The Morgan fingerprint density at radius 3 is 2.57 bits per heavy atom. The van der Waals surface area contributed by atoms with E-state index in [0.717, 1.165) is 0 Å². The molecule has 182 valence electrons. The number of ether oxygens (including phenoxy) is 1. The lowest BCUT2D eigenvalue weighted by Gasteiger charge is -2.22. The minimum absolute atomic E-state index is 0.0862. The van der Waals surface area contributed by atoms with Crippen molar-refractivity contribution in [3.8, 4) is 5.75 Å². The Hall–Kier alpha value is -3.66. The van der Waals surface area contributed by atoms with E-state index in [9.17, 15) is 9.59 Å². The first kappa shape index (κ1) is 24.5. The quantitative estimate of drug-likeness (QED) is 0.340. The zero-order valence-electron chi connectivity index (χ0n) is 20.1. The number of fused-ring (bicyclic) bond motifs is 1. The van der Waals surface area contributed by atoms with Crippen LogP contribution in [0.3, 0.4) is 0 Å². The van der Waals surface area contributed by atoms with Crippen LogP contribution in [0.2, 0.25) is 0 Å². The number of methoxy groups -OCH3 is 1. The second kappa shape index (κ2) is 10.7. The molecule has 1 unspecified atom stereocenters. The van der Waals surface area contributed by atoms with E-state index in [1.54, 1.807) is 37.4 Å². The van der Waals surface area contributed by atoms with Gasteiger partial charge in [-0.05, 0) is 49.2 Å². The van der Waals surface area contributed by atoms with Crippen LogP contribution in [-0.4, -0.2) is 37.7 Å². The van der Waals surface area contributed by atoms with E-state index in [-0.39, 0.29) is 23.4 Å². The molecule has 0 aliphatic heterocycles. The normalized spacial score (nSPS) is 12.1. The van der Waals surface area contributed by atoms with Crippen molar-refractivity contribution in [3.05, 3.63) is 76.1 Å². The Morgan fingerprint density at radius 2 is 1.89 bits per heavy atom. The van der Waals surface area contributed by atoms with E-state index < -0.39 is 0 Å². The van der Waals surface area contributed by atoms with Crippen LogP contribution in [0.5, 0.6) is 5.75 Å². The fourth-order valence-electron chi connectivity index (χ4n) is 3.77. The van der Waals surface area contributed by atoms with E-state index in [1.807, 2.05) is 43.5 Å². The molecular weight excluding hydrogens is 464 g/mol. The number of amides is 1. The van der Waals surface area contributed by atoms with Crippen LogP contribution >= 0.6 is 11.8 Å². The minimum atomic E-state index is -0.329. The fourth-order valence-corrected chi connectivity index (χ4v) is 4.65. The van der Waals surface area contributed by atoms with Crippen molar-refractivity contribution in [2.24, 2.45) is 5.92 Å². The fraction of sp³-hybridized carbons (Fsp3) is 0.320. The van der Waals surface area contributed by atoms with Gasteiger partial charge in [-0.15, -0.1) is 10.2 Å². The summed E-state index contributed by atoms with van der Waals surface area (Å²) in [7, 11) is 1.59. The Labute approximate surface area is 207 Å². The van der Waals surface area contributed by atoms with Crippen molar-refractivity contribution in [1.82, 2.24) is 30.0 Å². The molecule has 0 spiro atoms. The highest BCUT2D eigenvalue weighted by atomic mass is 32.2. The first-order valence-corrected chi connectivity index (χ1v) is 12.4. The summed E-state index contributed by atoms with van der Waals surface area (Å²) in [5, 5.41) is 13.2. The van der Waals surface area contributed by atoms with Gasteiger partial charge >= 0.3 is 0 Å². The second-order valence-corrected chi connectivity index (χ2v) is 9.27. The highest BCUT2D eigenvalue weighted by Gasteiger charge is 2.26. The topological polar surface area (TPSA) is 115 Å². The molecule has 10 heteroatoms. The lowest BCUT2D eigenvalue weighted by atomic mass is 10.0. The SMILES string of the molecule is CCn1c(SCc2nc3ccccc3c(=O)[nH]2)nnc1C(NC(=O)c1ccc(OC)cc1)C(C)C. The third kappa shape index (κ3) is 5.37. The van der Waals surface area contributed by atoms with Crippen molar-refractivity contribution >= 4 is 28.6 Å². The monoisotopic (exact) mass is 492 g/mol. The number of hydrogen-bond donors (Lipinski definition) is 2. The number of thioether (sulfide) groups is 1. The molecular formula is C25H28N6O3S. The van der Waals surface area contributed by atoms with Crippen molar-refractivity contribution in [2.45, 2.75) is 44.3 Å². The maximum absolute atomic E-state index is 12.9. The first-order valence-electron chi connectivity index (χ1n) is 11.4. The van der Waals surface area contributed by atoms with Gasteiger partial charge in [0.15, 0.2) is 11.0 Å². The van der Waals surface area contributed by atoms with Crippen LogP contribution in [0, 0.1) is 5.92 Å². The van der Waals surface area contributed by atoms with Gasteiger partial charge in [-0.2, -0.15) is 0 Å². The van der Waals surface area contributed by atoms with Crippen LogP contribution in [0.1, 0.15) is 48.8 Å². The molecule has 2 aromatic carbocycles. The molecule has 1 atom stereocenters. The number of aromatic amines is 1. The molecule has 0 saturated heterocycles. The lowest BCUT2D eigenvalue weighted by Crippen LogP contribution is -2.33. The number of hydrogen-bond acceptors (Lipinski definition) is 7. The third-order valence-electron chi connectivity index (χ3n) is 5.65. The van der Waals surface area contributed by atoms with Crippen molar-refractivity contribution in [3.63, 3.8) is 0 Å². The van der Waals surface area contributed by atoms with Crippen LogP contribution in [0.15, 0.2) is 58.5 Å². The first-order chi connectivity index (χ1) is 16.9. The number of para-hydroxylation sites is 1. The average molecular weight is 493 g/mol. The van der Waals surface area contributed by atoms with Crippen molar-refractivity contribution < 1.29 is 9.53 Å². The highest BCUT2D eigenvalue weighted by molar-refractivity contribution is 7.98. The summed E-state index contributed by atoms with van der Waals surface area (Å²) >= 11 is 1.44. The van der Waals surface area contributed by atoms with Gasteiger partial charge in [0.1, 0.15) is 11.6 Å². The van der Waals surface area contributed by atoms with Gasteiger partial charge < -0.3 is 19.6 Å². The number of carbonyl (C=O) groups excluding carboxylic acids is 1. The summed E-state index contributed by atoms with van der Waals surface area (Å²) in [5.41, 5.74) is 1.04. The molecule has 0 radical (unpaired) electrons. The zero-order chi connectivity index (χ0) is 24.9. The lowest BCUT2D eigenvalue weighted by molar-refractivity contribution is 0.0921. The number of carbonyl (C=O) groups is 1. The Morgan fingerprint density at radius 1 is 1.14 bits per heavy atom. The standard InChI is InChI=1S/C25H28N6O3S/c1-5-31-22(21(15(2)3)28-23(32)16-10-12-17(34-4)13-11-16)29-30-25(31)35-14-20-26-19-9-7-6-8-18(19)24(33)27-20/h6-13,15,21H,5,14H2,1-4H3,(H,28,32)(H,26,27,33). The highest BCUT2D eigenvalue weighted by Crippen LogP contribution is 2.27. The Kier molecular flexibility index (Phi) is 7.50. The predicted molar refractivity (Wildman–Crippen MR) is 136 cm³/mol. The largest absolute Gasteiger partial charge is 0.497 e. The molecule has 4 aromatic rings. The molecule has 0 bridgehead atoms. The zero-order valence-corrected chi connectivity index (χ0v) is 20.9. The summed E-state index contributed by atoms with van der Waals surface area (Å²) in [6.45, 7) is 6.71. The summed E-state index contributed by atoms with van der Waals surface area (Å²) in [6, 6.07) is 13.9. The van der Waals surface area contributed by atoms with E-state index in [2.05, 4.69) is 25.5 Å². The number of aromatic nitrogens is 5. The number of rotatable bonds is 9. The third-order valence-corrected chi connectivity index (χ3v) is 6.62. The Balaban J connectivity index is 1.53. The maximum Gasteiger partial charge on any atom is 0.258 e. The molecule has 1 amide bonds. The van der Waals surface area contributed by atoms with E-state index >= 15 is 0 Å². The van der Waals surface area contributed by atoms with Gasteiger partial charge in [0.2, 0.25) is 0 Å². The van der Waals surface area contributed by atoms with Crippen molar-refractivity contribution in [2.75, 3.05) is 7.11 Å². The molecule has 2 aromatic heterocycles. The molecule has 0 aliphatic carbocycles. The number of H-pyrrole nitrogens is 1. The summed E-state index contributed by atoms with van der Waals surface area (Å²) in [5.74, 6) is 2.28. The minimum Gasteiger partial charge on any atom is -0.497 e. The van der Waals surface area contributed by atoms with Crippen LogP contribution in [0.25, 0.3) is 10.9 Å². The van der Waals surface area contributed by atoms with E-state index in [4.69, 9.17) is 4.74 Å². The molecule has 0 saturated carbocycles. The molecule has 9 nitrogen and oxygen atoms in total. The van der Waals surface area contributed by atoms with Gasteiger partial charge in [-0.1, -0.05) is 37.7 Å². The smallest absolute Gasteiger partial charge is 0.258 e. The summed E-state index contributed by atoms with van der Waals surface area (Å²) in [6.07, 6.45) is 0. The number of nitrogens with zero attached hydrogens (tertiary/aromatic N) is 4. The number of nitrogens with one attached hydrogen (secondary N) is 2. The molecule has 4 rings (SSSR count). The molecule has 0 aliphatic rings. The molecule has 0 fully saturated rings. The van der Waals surface area contributed by atoms with Gasteiger partial charge in [-0.3, -0.25) is 9.59 Å². The summed E-state index contributed by atoms with van der Waals surface area (Å²) < 4.78 is 7.16. The summed E-state index contributed by atoms with van der Waals surface area (Å²) in [4.78, 5) is 32.7. The van der Waals surface area contributed by atoms with Gasteiger partial charge in [0, 0.05) is 12.1 Å². The average Bonchev–Trinajstić information content (AvgIpc) is 3.28.